The van der Waals surface area contributed by atoms with Gasteiger partial charge in [-0.2, -0.15) is 4.31 Å². The number of rotatable bonds is 4. The average molecular weight is 297 g/mol. The highest BCUT2D eigenvalue weighted by Gasteiger charge is 2.26. The summed E-state index contributed by atoms with van der Waals surface area (Å²) in [4.78, 5) is 0.399. The van der Waals surface area contributed by atoms with Crippen molar-refractivity contribution in [3.63, 3.8) is 0 Å². The Morgan fingerprint density at radius 2 is 2.05 bits per heavy atom. The van der Waals surface area contributed by atoms with Crippen LogP contribution in [-0.4, -0.2) is 39.0 Å². The zero-order chi connectivity index (χ0) is 14.8. The Kier molecular flexibility index (Phi) is 4.83. The van der Waals surface area contributed by atoms with Crippen molar-refractivity contribution in [3.05, 3.63) is 29.3 Å². The molecule has 0 bridgehead atoms. The topological polar surface area (TPSA) is 46.6 Å². The maximum atomic E-state index is 12.6. The third-order valence-corrected chi connectivity index (χ3v) is 5.73. The van der Waals surface area contributed by atoms with Crippen molar-refractivity contribution in [2.45, 2.75) is 44.1 Å². The molecular formula is C15H23NO3S. The van der Waals surface area contributed by atoms with Gasteiger partial charge in [0.25, 0.3) is 0 Å². The molecule has 1 aromatic carbocycles. The number of nitrogens with zero attached hydrogens (tertiary/aromatic N) is 1. The highest BCUT2D eigenvalue weighted by Crippen LogP contribution is 2.22. The lowest BCUT2D eigenvalue weighted by atomic mass is 10.1. The fourth-order valence-electron chi connectivity index (χ4n) is 2.49. The second-order valence-corrected chi connectivity index (χ2v) is 7.56. The van der Waals surface area contributed by atoms with E-state index < -0.39 is 10.0 Å². The van der Waals surface area contributed by atoms with Crippen LogP contribution in [0.15, 0.2) is 23.1 Å². The summed E-state index contributed by atoms with van der Waals surface area (Å²) in [6, 6.07) is 5.52. The van der Waals surface area contributed by atoms with Crippen molar-refractivity contribution in [2.75, 3.05) is 20.2 Å². The first-order chi connectivity index (χ1) is 9.41. The van der Waals surface area contributed by atoms with Gasteiger partial charge in [0.2, 0.25) is 10.0 Å². The number of hydrogen-bond acceptors (Lipinski definition) is 3. The Morgan fingerprint density at radius 1 is 1.30 bits per heavy atom. The predicted molar refractivity (Wildman–Crippen MR) is 79.3 cm³/mol. The minimum atomic E-state index is -3.44. The first-order valence-electron chi connectivity index (χ1n) is 7.06. The van der Waals surface area contributed by atoms with Gasteiger partial charge in [-0.1, -0.05) is 12.1 Å². The molecule has 112 valence electrons. The molecule has 0 amide bonds. The molecule has 0 spiro atoms. The Bertz CT molecular complexity index is 562. The van der Waals surface area contributed by atoms with Gasteiger partial charge in [0, 0.05) is 20.2 Å². The summed E-state index contributed by atoms with van der Waals surface area (Å²) in [5.74, 6) is 0. The Hall–Kier alpha value is -0.910. The summed E-state index contributed by atoms with van der Waals surface area (Å²) in [5.41, 5.74) is 1.74. The van der Waals surface area contributed by atoms with Crippen LogP contribution in [0.4, 0.5) is 0 Å². The lowest BCUT2D eigenvalue weighted by molar-refractivity contribution is 0.00858. The normalized spacial score (nSPS) is 20.3. The molecule has 20 heavy (non-hydrogen) atoms. The SMILES string of the molecule is Cc1ccc(C)c(S(=O)(=O)N(C)CC2CCCCO2)c1. The monoisotopic (exact) mass is 297 g/mol. The molecule has 5 heteroatoms. The van der Waals surface area contributed by atoms with Gasteiger partial charge < -0.3 is 4.74 Å². The Labute approximate surface area is 121 Å². The average Bonchev–Trinajstić information content (AvgIpc) is 2.42. The van der Waals surface area contributed by atoms with Crippen molar-refractivity contribution in [1.29, 1.82) is 0 Å². The smallest absolute Gasteiger partial charge is 0.243 e. The van der Waals surface area contributed by atoms with E-state index in [-0.39, 0.29) is 6.10 Å². The van der Waals surface area contributed by atoms with E-state index in [1.807, 2.05) is 26.0 Å². The molecule has 1 fully saturated rings. The van der Waals surface area contributed by atoms with Crippen LogP contribution in [0.2, 0.25) is 0 Å². The second kappa shape index (κ2) is 6.24. The number of ether oxygens (including phenoxy) is 1. The molecular weight excluding hydrogens is 274 g/mol. The molecule has 1 saturated heterocycles. The van der Waals surface area contributed by atoms with E-state index in [0.717, 1.165) is 37.0 Å². The Morgan fingerprint density at radius 3 is 2.70 bits per heavy atom. The van der Waals surface area contributed by atoms with E-state index in [1.165, 1.54) is 4.31 Å². The highest BCUT2D eigenvalue weighted by atomic mass is 32.2. The van der Waals surface area contributed by atoms with Crippen molar-refractivity contribution < 1.29 is 13.2 Å². The van der Waals surface area contributed by atoms with Crippen molar-refractivity contribution >= 4 is 10.0 Å². The van der Waals surface area contributed by atoms with E-state index >= 15 is 0 Å². The molecule has 0 aliphatic carbocycles. The summed E-state index contributed by atoms with van der Waals surface area (Å²) in [6.45, 7) is 4.90. The molecule has 1 aromatic rings. The van der Waals surface area contributed by atoms with Crippen LogP contribution in [0.3, 0.4) is 0 Å². The lowest BCUT2D eigenvalue weighted by Crippen LogP contribution is -2.37. The van der Waals surface area contributed by atoms with Gasteiger partial charge in [0.1, 0.15) is 0 Å². The van der Waals surface area contributed by atoms with Crippen LogP contribution in [-0.2, 0) is 14.8 Å². The zero-order valence-electron chi connectivity index (χ0n) is 12.4. The van der Waals surface area contributed by atoms with Crippen LogP contribution < -0.4 is 0 Å². The van der Waals surface area contributed by atoms with Crippen LogP contribution >= 0.6 is 0 Å². The fraction of sp³-hybridized carbons (Fsp3) is 0.600. The van der Waals surface area contributed by atoms with E-state index in [4.69, 9.17) is 4.74 Å². The zero-order valence-corrected chi connectivity index (χ0v) is 13.2. The number of sulfonamides is 1. The number of likely N-dealkylation sites (N-methyl/N-ethyl adjacent to an activating group) is 1. The van der Waals surface area contributed by atoms with E-state index in [2.05, 4.69) is 0 Å². The summed E-state index contributed by atoms with van der Waals surface area (Å²) in [7, 11) is -1.80. The Balaban J connectivity index is 2.18. The van der Waals surface area contributed by atoms with Crippen molar-refractivity contribution in [2.24, 2.45) is 0 Å². The number of aryl methyl sites for hydroxylation is 2. The molecule has 0 saturated carbocycles. The second-order valence-electron chi connectivity index (χ2n) is 5.54. The quantitative estimate of drug-likeness (QED) is 0.858. The third kappa shape index (κ3) is 3.40. The summed E-state index contributed by atoms with van der Waals surface area (Å²) in [5, 5.41) is 0. The molecule has 0 aromatic heterocycles. The van der Waals surface area contributed by atoms with Gasteiger partial charge in [0.05, 0.1) is 11.0 Å². The molecule has 1 aliphatic heterocycles. The molecule has 1 aliphatic rings. The van der Waals surface area contributed by atoms with Gasteiger partial charge in [-0.05, 0) is 50.3 Å². The van der Waals surface area contributed by atoms with E-state index in [9.17, 15) is 8.42 Å². The largest absolute Gasteiger partial charge is 0.377 e. The predicted octanol–water partition coefficient (Wildman–Crippen LogP) is 2.49. The molecule has 1 atom stereocenters. The van der Waals surface area contributed by atoms with Gasteiger partial charge >= 0.3 is 0 Å². The third-order valence-electron chi connectivity index (χ3n) is 3.77. The van der Waals surface area contributed by atoms with E-state index in [1.54, 1.807) is 13.1 Å². The van der Waals surface area contributed by atoms with Gasteiger partial charge in [-0.15, -0.1) is 0 Å². The minimum Gasteiger partial charge on any atom is -0.377 e. The van der Waals surface area contributed by atoms with Crippen LogP contribution in [0.25, 0.3) is 0 Å². The van der Waals surface area contributed by atoms with E-state index in [0.29, 0.717) is 11.4 Å². The summed E-state index contributed by atoms with van der Waals surface area (Å²) >= 11 is 0. The molecule has 1 heterocycles. The van der Waals surface area contributed by atoms with Gasteiger partial charge in [-0.3, -0.25) is 0 Å². The van der Waals surface area contributed by atoms with Gasteiger partial charge in [-0.25, -0.2) is 8.42 Å². The van der Waals surface area contributed by atoms with Gasteiger partial charge in [0.15, 0.2) is 0 Å². The fourth-order valence-corrected chi connectivity index (χ4v) is 4.00. The maximum Gasteiger partial charge on any atom is 0.243 e. The molecule has 1 unspecified atom stereocenters. The lowest BCUT2D eigenvalue weighted by Gasteiger charge is -2.27. The minimum absolute atomic E-state index is 0.0219. The maximum absolute atomic E-state index is 12.6. The molecule has 0 N–H and O–H groups in total. The number of hydrogen-bond donors (Lipinski definition) is 0. The van der Waals surface area contributed by atoms with Crippen molar-refractivity contribution in [3.8, 4) is 0 Å². The van der Waals surface area contributed by atoms with Crippen LogP contribution in [0.5, 0.6) is 0 Å². The van der Waals surface area contributed by atoms with Crippen LogP contribution in [0.1, 0.15) is 30.4 Å². The first kappa shape index (κ1) is 15.5. The summed E-state index contributed by atoms with van der Waals surface area (Å²) < 4.78 is 32.3. The molecule has 4 nitrogen and oxygen atoms in total. The number of benzene rings is 1. The van der Waals surface area contributed by atoms with Crippen molar-refractivity contribution in [1.82, 2.24) is 4.31 Å². The summed E-state index contributed by atoms with van der Waals surface area (Å²) in [6.07, 6.45) is 3.15. The van der Waals surface area contributed by atoms with Crippen LogP contribution in [0, 0.1) is 13.8 Å². The standard InChI is InChI=1S/C15H23NO3S/c1-12-7-8-13(2)15(10-12)20(17,18)16(3)11-14-6-4-5-9-19-14/h7-8,10,14H,4-6,9,11H2,1-3H3. The first-order valence-corrected chi connectivity index (χ1v) is 8.50. The highest BCUT2D eigenvalue weighted by molar-refractivity contribution is 7.89. The molecule has 0 radical (unpaired) electrons. The molecule has 2 rings (SSSR count).